The fourth-order valence-corrected chi connectivity index (χ4v) is 6.23. The second kappa shape index (κ2) is 11.8. The van der Waals surface area contributed by atoms with Crippen molar-refractivity contribution in [2.75, 3.05) is 37.6 Å². The van der Waals surface area contributed by atoms with Gasteiger partial charge < -0.3 is 24.1 Å². The number of carboxylic acids is 1. The van der Waals surface area contributed by atoms with Crippen molar-refractivity contribution >= 4 is 38.7 Å². The topological polar surface area (TPSA) is 121 Å². The first-order valence-corrected chi connectivity index (χ1v) is 14.8. The van der Waals surface area contributed by atoms with E-state index in [2.05, 4.69) is 10.8 Å². The molecule has 1 N–H and O–H groups in total. The summed E-state index contributed by atoms with van der Waals surface area (Å²) in [7, 11) is -4.01. The van der Waals surface area contributed by atoms with Crippen LogP contribution in [0.15, 0.2) is 51.8 Å². The molecule has 11 heteroatoms. The maximum atomic E-state index is 13.9. The smallest absolute Gasteiger partial charge is 0.410 e. The standard InChI is InChI=1S/C30H35N3O7S/c1-6-7-14-33(41(37,38)23-12-13-26-24(19-23)21(2)27(39-26)28(34)35)20-22-10-8-9-11-25(22)31-15-17-32(18-16-31)29(36)40-30(3,4)5/h1,8-13,19H,7,14-18,20H2,2-5H3,(H,34,35). The molecule has 218 valence electrons. The summed E-state index contributed by atoms with van der Waals surface area (Å²) in [4.78, 5) is 27.8. The number of rotatable bonds is 8. The summed E-state index contributed by atoms with van der Waals surface area (Å²) in [5.41, 5.74) is 1.76. The Morgan fingerprint density at radius 2 is 1.80 bits per heavy atom. The summed E-state index contributed by atoms with van der Waals surface area (Å²) < 4.78 is 40.0. The third-order valence-corrected chi connectivity index (χ3v) is 8.70. The lowest BCUT2D eigenvalue weighted by atomic mass is 10.1. The van der Waals surface area contributed by atoms with Crippen LogP contribution in [-0.2, 0) is 21.3 Å². The van der Waals surface area contributed by atoms with Crippen LogP contribution >= 0.6 is 0 Å². The molecule has 1 aliphatic rings. The fourth-order valence-electron chi connectivity index (χ4n) is 4.79. The van der Waals surface area contributed by atoms with Crippen LogP contribution in [0.1, 0.15) is 48.9 Å². The largest absolute Gasteiger partial charge is 0.475 e. The average Bonchev–Trinajstić information content (AvgIpc) is 3.26. The lowest BCUT2D eigenvalue weighted by Gasteiger charge is -2.37. The van der Waals surface area contributed by atoms with Crippen LogP contribution in [0.25, 0.3) is 11.0 Å². The molecule has 1 aromatic heterocycles. The summed E-state index contributed by atoms with van der Waals surface area (Å²) in [6.07, 6.45) is 5.37. The Morgan fingerprint density at radius 3 is 2.44 bits per heavy atom. The van der Waals surface area contributed by atoms with E-state index in [0.717, 1.165) is 11.3 Å². The molecule has 0 bridgehead atoms. The number of carbonyl (C=O) groups is 2. The first-order chi connectivity index (χ1) is 19.3. The minimum absolute atomic E-state index is 0.0197. The summed E-state index contributed by atoms with van der Waals surface area (Å²) in [5.74, 6) is 1.08. The third kappa shape index (κ3) is 6.66. The molecule has 1 aliphatic heterocycles. The van der Waals surface area contributed by atoms with Crippen LogP contribution in [0.4, 0.5) is 10.5 Å². The Hall–Kier alpha value is -4.01. The average molecular weight is 582 g/mol. The van der Waals surface area contributed by atoms with Gasteiger partial charge in [0.1, 0.15) is 11.2 Å². The van der Waals surface area contributed by atoms with E-state index >= 15 is 0 Å². The minimum atomic E-state index is -4.01. The molecule has 1 saturated heterocycles. The molecule has 0 aliphatic carbocycles. The molecule has 1 amide bonds. The van der Waals surface area contributed by atoms with Crippen molar-refractivity contribution in [3.63, 3.8) is 0 Å². The number of aryl methyl sites for hydroxylation is 1. The Kier molecular flexibility index (Phi) is 8.66. The molecule has 10 nitrogen and oxygen atoms in total. The lowest BCUT2D eigenvalue weighted by Crippen LogP contribution is -2.50. The number of terminal acetylenes is 1. The second-order valence-electron chi connectivity index (χ2n) is 10.9. The van der Waals surface area contributed by atoms with Crippen molar-refractivity contribution in [1.29, 1.82) is 0 Å². The zero-order valence-corrected chi connectivity index (χ0v) is 24.5. The van der Waals surface area contributed by atoms with E-state index < -0.39 is 21.6 Å². The number of fused-ring (bicyclic) bond motifs is 1. The molecule has 41 heavy (non-hydrogen) atoms. The molecule has 0 radical (unpaired) electrons. The van der Waals surface area contributed by atoms with Crippen molar-refractivity contribution in [3.05, 3.63) is 59.4 Å². The predicted molar refractivity (Wildman–Crippen MR) is 155 cm³/mol. The van der Waals surface area contributed by atoms with Crippen LogP contribution < -0.4 is 4.90 Å². The van der Waals surface area contributed by atoms with Gasteiger partial charge in [-0.1, -0.05) is 18.2 Å². The van der Waals surface area contributed by atoms with E-state index in [0.29, 0.717) is 42.7 Å². The number of carbonyl (C=O) groups excluding carboxylic acids is 1. The minimum Gasteiger partial charge on any atom is -0.475 e. The van der Waals surface area contributed by atoms with Gasteiger partial charge in [0.15, 0.2) is 0 Å². The summed E-state index contributed by atoms with van der Waals surface area (Å²) in [6, 6.07) is 11.9. The zero-order chi connectivity index (χ0) is 29.9. The van der Waals surface area contributed by atoms with Crippen molar-refractivity contribution < 1.29 is 32.3 Å². The van der Waals surface area contributed by atoms with Gasteiger partial charge in [-0.05, 0) is 57.5 Å². The fraction of sp³-hybridized carbons (Fsp3) is 0.400. The molecule has 2 heterocycles. The van der Waals surface area contributed by atoms with Gasteiger partial charge in [-0.15, -0.1) is 12.3 Å². The molecule has 3 aromatic rings. The van der Waals surface area contributed by atoms with Gasteiger partial charge in [0.25, 0.3) is 0 Å². The number of benzene rings is 2. The molecule has 4 rings (SSSR count). The van der Waals surface area contributed by atoms with E-state index in [4.69, 9.17) is 15.6 Å². The number of nitrogens with zero attached hydrogens (tertiary/aromatic N) is 3. The molecule has 2 aromatic carbocycles. The van der Waals surface area contributed by atoms with Gasteiger partial charge in [0, 0.05) is 62.3 Å². The van der Waals surface area contributed by atoms with Gasteiger partial charge in [-0.3, -0.25) is 0 Å². The summed E-state index contributed by atoms with van der Waals surface area (Å²) in [6.45, 7) is 9.34. The van der Waals surface area contributed by atoms with Crippen LogP contribution in [0.5, 0.6) is 0 Å². The normalized spacial score (nSPS) is 14.3. The van der Waals surface area contributed by atoms with E-state index in [1.807, 2.05) is 45.0 Å². The van der Waals surface area contributed by atoms with E-state index in [1.54, 1.807) is 11.8 Å². The van der Waals surface area contributed by atoms with Crippen molar-refractivity contribution in [2.45, 2.75) is 51.2 Å². The monoisotopic (exact) mass is 581 g/mol. The first-order valence-electron chi connectivity index (χ1n) is 13.3. The zero-order valence-electron chi connectivity index (χ0n) is 23.7. The van der Waals surface area contributed by atoms with E-state index in [-0.39, 0.29) is 36.3 Å². The molecule has 0 spiro atoms. The van der Waals surface area contributed by atoms with Crippen LogP contribution in [0, 0.1) is 19.3 Å². The maximum absolute atomic E-state index is 13.9. The van der Waals surface area contributed by atoms with E-state index in [1.165, 1.54) is 22.5 Å². The number of para-hydroxylation sites is 1. The number of hydrogen-bond acceptors (Lipinski definition) is 7. The van der Waals surface area contributed by atoms with Crippen molar-refractivity contribution in [1.82, 2.24) is 9.21 Å². The number of hydrogen-bond donors (Lipinski definition) is 1. The number of amides is 1. The third-order valence-electron chi connectivity index (χ3n) is 6.86. The molecular weight excluding hydrogens is 546 g/mol. The first kappa shape index (κ1) is 30.0. The molecule has 1 fully saturated rings. The second-order valence-corrected chi connectivity index (χ2v) is 12.8. The van der Waals surface area contributed by atoms with Gasteiger partial charge in [0.05, 0.1) is 4.90 Å². The molecule has 0 unspecified atom stereocenters. The Bertz CT molecular complexity index is 1590. The Labute approximate surface area is 240 Å². The van der Waals surface area contributed by atoms with Crippen LogP contribution in [0.3, 0.4) is 0 Å². The number of anilines is 1. The van der Waals surface area contributed by atoms with E-state index in [9.17, 15) is 23.1 Å². The van der Waals surface area contributed by atoms with Gasteiger partial charge >= 0.3 is 12.1 Å². The molecule has 0 atom stereocenters. The van der Waals surface area contributed by atoms with Crippen LogP contribution in [0.2, 0.25) is 0 Å². The summed E-state index contributed by atoms with van der Waals surface area (Å²) >= 11 is 0. The maximum Gasteiger partial charge on any atom is 0.410 e. The highest BCUT2D eigenvalue weighted by molar-refractivity contribution is 7.89. The van der Waals surface area contributed by atoms with Crippen LogP contribution in [-0.4, -0.2) is 73.1 Å². The lowest BCUT2D eigenvalue weighted by molar-refractivity contribution is 0.0240. The number of furan rings is 1. The number of carboxylic acid groups (broad SMARTS) is 1. The number of piperazine rings is 1. The molecule has 0 saturated carbocycles. The number of ether oxygens (including phenoxy) is 1. The van der Waals surface area contributed by atoms with Gasteiger partial charge in [-0.25, -0.2) is 18.0 Å². The van der Waals surface area contributed by atoms with Gasteiger partial charge in [-0.2, -0.15) is 4.31 Å². The summed E-state index contributed by atoms with van der Waals surface area (Å²) in [5, 5.41) is 9.82. The Morgan fingerprint density at radius 1 is 1.12 bits per heavy atom. The highest BCUT2D eigenvalue weighted by atomic mass is 32.2. The van der Waals surface area contributed by atoms with Crippen molar-refractivity contribution in [2.24, 2.45) is 0 Å². The highest BCUT2D eigenvalue weighted by Gasteiger charge is 2.29. The predicted octanol–water partition coefficient (Wildman–Crippen LogP) is 4.71. The quantitative estimate of drug-likeness (QED) is 0.380. The Balaban J connectivity index is 1.59. The van der Waals surface area contributed by atoms with Gasteiger partial charge in [0.2, 0.25) is 15.8 Å². The van der Waals surface area contributed by atoms with Crippen molar-refractivity contribution in [3.8, 4) is 12.3 Å². The SMILES string of the molecule is C#CCCN(Cc1ccccc1N1CCN(C(=O)OC(C)(C)C)CC1)S(=O)(=O)c1ccc2oc(C(=O)O)c(C)c2c1. The molecular formula is C30H35N3O7S. The number of sulfonamides is 1. The number of aromatic carboxylic acids is 1. The highest BCUT2D eigenvalue weighted by Crippen LogP contribution is 2.31.